The third kappa shape index (κ3) is 2.40. The van der Waals surface area contributed by atoms with Crippen molar-refractivity contribution in [1.82, 2.24) is 9.47 Å². The number of nitrogens with zero attached hydrogens (tertiary/aromatic N) is 2. The van der Waals surface area contributed by atoms with Crippen LogP contribution in [0.2, 0.25) is 0 Å². The van der Waals surface area contributed by atoms with Crippen LogP contribution in [-0.2, 0) is 6.67 Å². The van der Waals surface area contributed by atoms with Crippen LogP contribution in [-0.4, -0.2) is 22.6 Å². The maximum Gasteiger partial charge on any atom is 0.162 e. The van der Waals surface area contributed by atoms with Gasteiger partial charge in [-0.1, -0.05) is 13.8 Å². The lowest BCUT2D eigenvalue weighted by atomic mass is 10.5. The van der Waals surface area contributed by atoms with Crippen molar-refractivity contribution >= 4 is 23.6 Å². The zero-order valence-corrected chi connectivity index (χ0v) is 9.12. The molecule has 12 heavy (non-hydrogen) atoms. The van der Waals surface area contributed by atoms with E-state index in [0.29, 0.717) is 0 Å². The second-order valence-electron chi connectivity index (χ2n) is 2.58. The van der Waals surface area contributed by atoms with E-state index < -0.39 is 0 Å². The topological polar surface area (TPSA) is 8.17 Å². The van der Waals surface area contributed by atoms with Crippen molar-refractivity contribution in [2.75, 3.05) is 13.1 Å². The molecule has 0 spiro atoms. The minimum absolute atomic E-state index is 0.926. The average molecular weight is 202 g/mol. The van der Waals surface area contributed by atoms with Crippen LogP contribution < -0.4 is 0 Å². The molecule has 0 atom stereocenters. The molecule has 0 bridgehead atoms. The number of hydrogen-bond donors (Lipinski definition) is 0. The summed E-state index contributed by atoms with van der Waals surface area (Å²) < 4.78 is 3.06. The van der Waals surface area contributed by atoms with E-state index in [1.54, 1.807) is 11.3 Å². The molecule has 0 radical (unpaired) electrons. The summed E-state index contributed by atoms with van der Waals surface area (Å²) in [6.07, 6.45) is 2.05. The van der Waals surface area contributed by atoms with Gasteiger partial charge in [-0.2, -0.15) is 0 Å². The summed E-state index contributed by atoms with van der Waals surface area (Å²) in [5.74, 6) is 0. The maximum absolute atomic E-state index is 5.15. The standard InChI is InChI=1S/C8H14N2S2/c1-3-9(4-2)7-10-5-6-12-8(10)11/h5-6H,3-4,7H2,1-2H3. The Morgan fingerprint density at radius 3 is 2.58 bits per heavy atom. The maximum atomic E-state index is 5.15. The smallest absolute Gasteiger partial charge is 0.162 e. The van der Waals surface area contributed by atoms with Gasteiger partial charge in [-0.05, 0) is 25.3 Å². The fraction of sp³-hybridized carbons (Fsp3) is 0.625. The van der Waals surface area contributed by atoms with Gasteiger partial charge in [0.2, 0.25) is 0 Å². The third-order valence-corrected chi connectivity index (χ3v) is 3.11. The van der Waals surface area contributed by atoms with E-state index in [1.807, 2.05) is 11.6 Å². The number of rotatable bonds is 4. The Morgan fingerprint density at radius 2 is 2.17 bits per heavy atom. The van der Waals surface area contributed by atoms with Crippen molar-refractivity contribution in [2.24, 2.45) is 0 Å². The molecule has 1 aromatic rings. The van der Waals surface area contributed by atoms with E-state index >= 15 is 0 Å². The summed E-state index contributed by atoms with van der Waals surface area (Å²) in [6.45, 7) is 7.41. The summed E-state index contributed by atoms with van der Waals surface area (Å²) in [5.41, 5.74) is 0. The highest BCUT2D eigenvalue weighted by molar-refractivity contribution is 7.73. The summed E-state index contributed by atoms with van der Waals surface area (Å²) in [6, 6.07) is 0. The van der Waals surface area contributed by atoms with E-state index in [4.69, 9.17) is 12.2 Å². The highest BCUT2D eigenvalue weighted by Crippen LogP contribution is 2.04. The van der Waals surface area contributed by atoms with Crippen molar-refractivity contribution in [3.8, 4) is 0 Å². The molecule has 0 fully saturated rings. The lowest BCUT2D eigenvalue weighted by Crippen LogP contribution is -2.25. The zero-order chi connectivity index (χ0) is 8.97. The van der Waals surface area contributed by atoms with Crippen LogP contribution in [0.5, 0.6) is 0 Å². The lowest BCUT2D eigenvalue weighted by molar-refractivity contribution is 0.241. The van der Waals surface area contributed by atoms with Crippen molar-refractivity contribution in [2.45, 2.75) is 20.5 Å². The largest absolute Gasteiger partial charge is 0.317 e. The van der Waals surface area contributed by atoms with E-state index in [1.165, 1.54) is 0 Å². The molecule has 0 aliphatic carbocycles. The summed E-state index contributed by atoms with van der Waals surface area (Å²) in [7, 11) is 0. The first-order valence-electron chi connectivity index (χ1n) is 4.14. The van der Waals surface area contributed by atoms with E-state index in [-0.39, 0.29) is 0 Å². The molecule has 2 nitrogen and oxygen atoms in total. The molecule has 0 N–H and O–H groups in total. The van der Waals surface area contributed by atoms with Gasteiger partial charge in [-0.25, -0.2) is 0 Å². The molecule has 0 saturated carbocycles. The van der Waals surface area contributed by atoms with Crippen molar-refractivity contribution < 1.29 is 0 Å². The molecule has 0 amide bonds. The predicted octanol–water partition coefficient (Wildman–Crippen LogP) is 2.58. The molecule has 0 saturated heterocycles. The Labute approximate surface area is 82.4 Å². The monoisotopic (exact) mass is 202 g/mol. The molecular formula is C8H14N2S2. The molecule has 0 aromatic carbocycles. The van der Waals surface area contributed by atoms with Crippen LogP contribution in [0.3, 0.4) is 0 Å². The van der Waals surface area contributed by atoms with Gasteiger partial charge < -0.3 is 4.57 Å². The summed E-state index contributed by atoms with van der Waals surface area (Å²) in [5, 5.41) is 2.03. The number of thiazole rings is 1. The Morgan fingerprint density at radius 1 is 1.50 bits per heavy atom. The van der Waals surface area contributed by atoms with Gasteiger partial charge in [0.25, 0.3) is 0 Å². The highest BCUT2D eigenvalue weighted by Gasteiger charge is 1.99. The molecular weight excluding hydrogens is 188 g/mol. The van der Waals surface area contributed by atoms with Crippen molar-refractivity contribution in [3.05, 3.63) is 15.5 Å². The van der Waals surface area contributed by atoms with Gasteiger partial charge in [0.15, 0.2) is 3.95 Å². The van der Waals surface area contributed by atoms with Gasteiger partial charge in [0.05, 0.1) is 6.67 Å². The van der Waals surface area contributed by atoms with Gasteiger partial charge in [-0.3, -0.25) is 4.90 Å². The first-order chi connectivity index (χ1) is 5.77. The first-order valence-corrected chi connectivity index (χ1v) is 5.43. The summed E-state index contributed by atoms with van der Waals surface area (Å²) >= 11 is 6.77. The molecule has 0 aliphatic heterocycles. The fourth-order valence-electron chi connectivity index (χ4n) is 1.03. The zero-order valence-electron chi connectivity index (χ0n) is 7.49. The van der Waals surface area contributed by atoms with Crippen molar-refractivity contribution in [3.63, 3.8) is 0 Å². The summed E-state index contributed by atoms with van der Waals surface area (Å²) in [4.78, 5) is 2.34. The van der Waals surface area contributed by atoms with E-state index in [9.17, 15) is 0 Å². The Kier molecular flexibility index (Phi) is 3.91. The lowest BCUT2D eigenvalue weighted by Gasteiger charge is -2.18. The predicted molar refractivity (Wildman–Crippen MR) is 56.1 cm³/mol. The third-order valence-electron chi connectivity index (χ3n) is 1.89. The average Bonchev–Trinajstić information content (AvgIpc) is 2.47. The Hall–Kier alpha value is -0.190. The van der Waals surface area contributed by atoms with Gasteiger partial charge >= 0.3 is 0 Å². The SMILES string of the molecule is CCN(CC)Cn1ccsc1=S. The fourth-order valence-corrected chi connectivity index (χ4v) is 1.90. The number of aromatic nitrogens is 1. The van der Waals surface area contributed by atoms with Gasteiger partial charge in [-0.15, -0.1) is 11.3 Å². The van der Waals surface area contributed by atoms with Crippen LogP contribution in [0, 0.1) is 3.95 Å². The number of hydrogen-bond acceptors (Lipinski definition) is 3. The highest BCUT2D eigenvalue weighted by atomic mass is 32.1. The molecule has 4 heteroatoms. The minimum Gasteiger partial charge on any atom is -0.317 e. The van der Waals surface area contributed by atoms with Crippen LogP contribution in [0.4, 0.5) is 0 Å². The molecule has 1 aromatic heterocycles. The molecule has 1 heterocycles. The van der Waals surface area contributed by atoms with Gasteiger partial charge in [0, 0.05) is 11.6 Å². The van der Waals surface area contributed by atoms with Crippen LogP contribution >= 0.6 is 23.6 Å². The molecule has 1 rings (SSSR count). The second kappa shape index (κ2) is 4.74. The van der Waals surface area contributed by atoms with E-state index in [0.717, 1.165) is 23.7 Å². The molecule has 68 valence electrons. The Balaban J connectivity index is 2.62. The van der Waals surface area contributed by atoms with Crippen LogP contribution in [0.1, 0.15) is 13.8 Å². The van der Waals surface area contributed by atoms with Crippen LogP contribution in [0.25, 0.3) is 0 Å². The first kappa shape index (κ1) is 9.89. The molecule has 0 aliphatic rings. The second-order valence-corrected chi connectivity index (χ2v) is 4.12. The van der Waals surface area contributed by atoms with Crippen molar-refractivity contribution in [1.29, 1.82) is 0 Å². The van der Waals surface area contributed by atoms with Gasteiger partial charge in [0.1, 0.15) is 0 Å². The molecule has 0 unspecified atom stereocenters. The van der Waals surface area contributed by atoms with E-state index in [2.05, 4.69) is 23.3 Å². The quantitative estimate of drug-likeness (QED) is 0.693. The normalized spacial score (nSPS) is 10.9. The Bertz CT molecular complexity index is 273. The minimum atomic E-state index is 0.926. The van der Waals surface area contributed by atoms with Crippen LogP contribution in [0.15, 0.2) is 11.6 Å².